The molecule has 0 aliphatic carbocycles. The van der Waals surface area contributed by atoms with Gasteiger partial charge in [-0.3, -0.25) is 4.79 Å². The molecule has 0 aliphatic heterocycles. The number of aliphatic hydroxyl groups excluding tert-OH is 1. The predicted octanol–water partition coefficient (Wildman–Crippen LogP) is -0.238. The molecule has 106 valence electrons. The van der Waals surface area contributed by atoms with Gasteiger partial charge in [-0.05, 0) is 20.8 Å². The summed E-state index contributed by atoms with van der Waals surface area (Å²) in [5.41, 5.74) is 5.04. The quantitative estimate of drug-likeness (QED) is 0.590. The van der Waals surface area contributed by atoms with Gasteiger partial charge in [0.15, 0.2) is 0 Å². The van der Waals surface area contributed by atoms with Gasteiger partial charge in [-0.2, -0.15) is 0 Å². The Morgan fingerprint density at radius 1 is 1.39 bits per heavy atom. The Morgan fingerprint density at radius 2 is 1.94 bits per heavy atom. The number of esters is 1. The minimum atomic E-state index is -0.765. The lowest BCUT2D eigenvalue weighted by Crippen LogP contribution is -2.51. The third-order valence-corrected chi connectivity index (χ3v) is 2.05. The van der Waals surface area contributed by atoms with Crippen LogP contribution in [0.5, 0.6) is 0 Å². The lowest BCUT2D eigenvalue weighted by molar-refractivity contribution is -0.141. The highest BCUT2D eigenvalue weighted by Crippen LogP contribution is 2.07. The second-order valence-electron chi connectivity index (χ2n) is 4.88. The molecule has 2 atom stereocenters. The molecule has 0 aliphatic rings. The van der Waals surface area contributed by atoms with Gasteiger partial charge in [-0.1, -0.05) is 0 Å². The number of nitrogens with one attached hydrogen (secondary N) is 1. The van der Waals surface area contributed by atoms with E-state index in [0.29, 0.717) is 0 Å². The van der Waals surface area contributed by atoms with E-state index in [4.69, 9.17) is 15.6 Å². The molecule has 0 bridgehead atoms. The van der Waals surface area contributed by atoms with Crippen LogP contribution in [0.15, 0.2) is 0 Å². The Balaban J connectivity index is 4.33. The Bertz CT molecular complexity index is 288. The van der Waals surface area contributed by atoms with E-state index in [9.17, 15) is 9.59 Å². The van der Waals surface area contributed by atoms with Crippen molar-refractivity contribution in [2.24, 2.45) is 5.73 Å². The van der Waals surface area contributed by atoms with Gasteiger partial charge in [-0.25, -0.2) is 4.79 Å². The lowest BCUT2D eigenvalue weighted by Gasteiger charge is -2.25. The van der Waals surface area contributed by atoms with Gasteiger partial charge in [0.05, 0.1) is 26.2 Å². The Kier molecular flexibility index (Phi) is 6.64. The maximum absolute atomic E-state index is 11.5. The summed E-state index contributed by atoms with van der Waals surface area (Å²) in [6.45, 7) is 4.76. The van der Waals surface area contributed by atoms with Gasteiger partial charge in [0.25, 0.3) is 0 Å². The smallest absolute Gasteiger partial charge is 0.408 e. The van der Waals surface area contributed by atoms with Crippen molar-refractivity contribution in [1.29, 1.82) is 0 Å². The molecule has 0 rings (SSSR count). The highest BCUT2D eigenvalue weighted by molar-refractivity contribution is 5.71. The molecular formula is C11H22N2O5. The molecule has 0 aromatic rings. The van der Waals surface area contributed by atoms with Gasteiger partial charge in [0, 0.05) is 6.04 Å². The zero-order chi connectivity index (χ0) is 14.3. The number of nitrogens with two attached hydrogens (primary N) is 1. The van der Waals surface area contributed by atoms with Crippen molar-refractivity contribution in [2.75, 3.05) is 13.7 Å². The van der Waals surface area contributed by atoms with E-state index >= 15 is 0 Å². The number of ether oxygens (including phenoxy) is 2. The molecule has 0 fully saturated rings. The second-order valence-corrected chi connectivity index (χ2v) is 4.88. The van der Waals surface area contributed by atoms with E-state index in [1.807, 2.05) is 0 Å². The summed E-state index contributed by atoms with van der Waals surface area (Å²) in [6.07, 6.45) is -0.792. The molecule has 1 amide bonds. The number of aliphatic hydroxyl groups is 1. The zero-order valence-electron chi connectivity index (χ0n) is 11.2. The molecule has 0 saturated carbocycles. The molecule has 0 aromatic heterocycles. The third kappa shape index (κ3) is 7.08. The molecular weight excluding hydrogens is 240 g/mol. The summed E-state index contributed by atoms with van der Waals surface area (Å²) in [5.74, 6) is -0.507. The van der Waals surface area contributed by atoms with Gasteiger partial charge in [0.2, 0.25) is 0 Å². The number of hydrogen-bond acceptors (Lipinski definition) is 6. The number of amides is 1. The second kappa shape index (κ2) is 7.17. The number of methoxy groups -OCH3 is 1. The summed E-state index contributed by atoms with van der Waals surface area (Å²) in [4.78, 5) is 22.5. The van der Waals surface area contributed by atoms with Crippen molar-refractivity contribution in [2.45, 2.75) is 44.9 Å². The highest BCUT2D eigenvalue weighted by Gasteiger charge is 2.24. The first-order chi connectivity index (χ1) is 8.19. The molecule has 7 nitrogen and oxygen atoms in total. The lowest BCUT2D eigenvalue weighted by atomic mass is 10.1. The minimum absolute atomic E-state index is 0.0997. The van der Waals surface area contributed by atoms with Crippen LogP contribution in [0.25, 0.3) is 0 Å². The normalized spacial score (nSPS) is 14.6. The SMILES string of the molecule is COC(=O)C[C@@H](N)[C@@H](CO)NC(=O)OC(C)(C)C. The van der Waals surface area contributed by atoms with E-state index in [1.165, 1.54) is 7.11 Å². The molecule has 0 heterocycles. The van der Waals surface area contributed by atoms with Crippen molar-refractivity contribution in [1.82, 2.24) is 5.32 Å². The molecule has 4 N–H and O–H groups in total. The van der Waals surface area contributed by atoms with Crippen LogP contribution in [0.2, 0.25) is 0 Å². The summed E-state index contributed by atoms with van der Waals surface area (Å²) in [7, 11) is 1.24. The summed E-state index contributed by atoms with van der Waals surface area (Å²) in [6, 6.07) is -1.51. The minimum Gasteiger partial charge on any atom is -0.469 e. The van der Waals surface area contributed by atoms with E-state index in [1.54, 1.807) is 20.8 Å². The van der Waals surface area contributed by atoms with Gasteiger partial charge >= 0.3 is 12.1 Å². The average molecular weight is 262 g/mol. The van der Waals surface area contributed by atoms with Crippen LogP contribution in [-0.2, 0) is 14.3 Å². The monoisotopic (exact) mass is 262 g/mol. The number of rotatable bonds is 5. The fourth-order valence-electron chi connectivity index (χ4n) is 1.17. The van der Waals surface area contributed by atoms with Crippen LogP contribution in [0.4, 0.5) is 4.79 Å². The summed E-state index contributed by atoms with van der Waals surface area (Å²) < 4.78 is 9.48. The van der Waals surface area contributed by atoms with E-state index in [0.717, 1.165) is 0 Å². The van der Waals surface area contributed by atoms with Crippen molar-refractivity contribution >= 4 is 12.1 Å². The van der Waals surface area contributed by atoms with E-state index in [2.05, 4.69) is 10.1 Å². The Hall–Kier alpha value is -1.34. The molecule has 0 unspecified atom stereocenters. The van der Waals surface area contributed by atoms with Gasteiger partial charge in [0.1, 0.15) is 5.60 Å². The van der Waals surface area contributed by atoms with E-state index < -0.39 is 36.4 Å². The number of alkyl carbamates (subject to hydrolysis) is 1. The maximum atomic E-state index is 11.5. The van der Waals surface area contributed by atoms with E-state index in [-0.39, 0.29) is 6.42 Å². The van der Waals surface area contributed by atoms with Crippen LogP contribution >= 0.6 is 0 Å². The standard InChI is InChI=1S/C11H22N2O5/c1-11(2,3)18-10(16)13-8(6-14)7(12)5-9(15)17-4/h7-8,14H,5-6,12H2,1-4H3,(H,13,16)/t7-,8-/m1/s1. The van der Waals surface area contributed by atoms with Crippen LogP contribution in [-0.4, -0.2) is 48.6 Å². The summed E-state index contributed by atoms with van der Waals surface area (Å²) >= 11 is 0. The third-order valence-electron chi connectivity index (χ3n) is 2.05. The molecule has 0 saturated heterocycles. The topological polar surface area (TPSA) is 111 Å². The van der Waals surface area contributed by atoms with Gasteiger partial charge < -0.3 is 25.6 Å². The molecule has 0 aromatic carbocycles. The molecule has 0 spiro atoms. The molecule has 18 heavy (non-hydrogen) atoms. The van der Waals surface area contributed by atoms with Crippen LogP contribution in [0.1, 0.15) is 27.2 Å². The summed E-state index contributed by atoms with van der Waals surface area (Å²) in [5, 5.41) is 11.5. The predicted molar refractivity (Wildman–Crippen MR) is 64.9 cm³/mol. The fourth-order valence-corrected chi connectivity index (χ4v) is 1.17. The number of hydrogen-bond donors (Lipinski definition) is 3. The fraction of sp³-hybridized carbons (Fsp3) is 0.818. The van der Waals surface area contributed by atoms with Crippen LogP contribution < -0.4 is 11.1 Å². The zero-order valence-corrected chi connectivity index (χ0v) is 11.2. The highest BCUT2D eigenvalue weighted by atomic mass is 16.6. The Morgan fingerprint density at radius 3 is 2.33 bits per heavy atom. The first-order valence-electron chi connectivity index (χ1n) is 5.62. The van der Waals surface area contributed by atoms with Crippen molar-refractivity contribution < 1.29 is 24.2 Å². The van der Waals surface area contributed by atoms with Crippen LogP contribution in [0.3, 0.4) is 0 Å². The maximum Gasteiger partial charge on any atom is 0.408 e. The van der Waals surface area contributed by atoms with Crippen molar-refractivity contribution in [3.05, 3.63) is 0 Å². The van der Waals surface area contributed by atoms with Crippen molar-refractivity contribution in [3.8, 4) is 0 Å². The first-order valence-corrected chi connectivity index (χ1v) is 5.62. The number of carbonyl (C=O) groups excluding carboxylic acids is 2. The van der Waals surface area contributed by atoms with Crippen LogP contribution in [0, 0.1) is 0 Å². The average Bonchev–Trinajstić information content (AvgIpc) is 2.22. The van der Waals surface area contributed by atoms with Gasteiger partial charge in [-0.15, -0.1) is 0 Å². The largest absolute Gasteiger partial charge is 0.469 e. The Labute approximate surface area is 107 Å². The molecule has 0 radical (unpaired) electrons. The van der Waals surface area contributed by atoms with Crippen molar-refractivity contribution in [3.63, 3.8) is 0 Å². The molecule has 7 heteroatoms. The number of carbonyl (C=O) groups is 2. The first kappa shape index (κ1) is 16.7.